The smallest absolute Gasteiger partial charge is 0.170 e. The summed E-state index contributed by atoms with van der Waals surface area (Å²) in [5.41, 5.74) is 2.51. The monoisotopic (exact) mass is 450 g/mol. The lowest BCUT2D eigenvalue weighted by Gasteiger charge is -2.34. The predicted molar refractivity (Wildman–Crippen MR) is 121 cm³/mol. The predicted octanol–water partition coefficient (Wildman–Crippen LogP) is 4.88. The molecule has 1 unspecified atom stereocenters. The van der Waals surface area contributed by atoms with Gasteiger partial charge in [-0.05, 0) is 30.7 Å². The molecule has 5 rings (SSSR count). The van der Waals surface area contributed by atoms with E-state index < -0.39 is 5.60 Å². The number of anilines is 1. The van der Waals surface area contributed by atoms with Gasteiger partial charge in [0.25, 0.3) is 0 Å². The van der Waals surface area contributed by atoms with Gasteiger partial charge in [-0.3, -0.25) is 4.98 Å². The summed E-state index contributed by atoms with van der Waals surface area (Å²) in [5, 5.41) is 14.9. The number of benzene rings is 2. The Morgan fingerprint density at radius 1 is 1.06 bits per heavy atom. The second-order valence-corrected chi connectivity index (χ2v) is 8.33. The zero-order chi connectivity index (χ0) is 22.3. The highest BCUT2D eigenvalue weighted by Crippen LogP contribution is 2.35. The van der Waals surface area contributed by atoms with Gasteiger partial charge in [0.1, 0.15) is 5.82 Å². The van der Waals surface area contributed by atoms with E-state index in [1.165, 1.54) is 6.07 Å². The van der Waals surface area contributed by atoms with Crippen LogP contribution in [0, 0.1) is 5.82 Å². The van der Waals surface area contributed by atoms with Crippen molar-refractivity contribution in [2.24, 2.45) is 0 Å². The van der Waals surface area contributed by atoms with E-state index in [-0.39, 0.29) is 25.1 Å². The number of ether oxygens (including phenoxy) is 1. The van der Waals surface area contributed by atoms with Crippen LogP contribution in [0.1, 0.15) is 24.4 Å². The minimum atomic E-state index is -1.11. The highest BCUT2D eigenvalue weighted by Gasteiger charge is 2.40. The van der Waals surface area contributed by atoms with Crippen LogP contribution in [0.2, 0.25) is 5.02 Å². The molecule has 2 aromatic carbocycles. The minimum Gasteiger partial charge on any atom is -0.377 e. The van der Waals surface area contributed by atoms with Gasteiger partial charge >= 0.3 is 0 Å². The number of rotatable bonds is 5. The molecule has 32 heavy (non-hydrogen) atoms. The van der Waals surface area contributed by atoms with E-state index in [1.54, 1.807) is 36.8 Å². The van der Waals surface area contributed by atoms with Crippen molar-refractivity contribution < 1.29 is 14.2 Å². The lowest BCUT2D eigenvalue weighted by molar-refractivity contribution is -0.189. The first-order chi connectivity index (χ1) is 15.4. The Hall–Kier alpha value is -3.13. The van der Waals surface area contributed by atoms with Crippen LogP contribution >= 0.6 is 11.6 Å². The summed E-state index contributed by atoms with van der Waals surface area (Å²) in [6, 6.07) is 12.1. The van der Waals surface area contributed by atoms with Gasteiger partial charge in [0, 0.05) is 35.1 Å². The molecule has 0 amide bonds. The molecule has 1 aliphatic heterocycles. The average Bonchev–Trinajstić information content (AvgIpc) is 2.79. The topological polar surface area (TPSA) is 80.2 Å². The molecule has 4 aromatic rings. The maximum Gasteiger partial charge on any atom is 0.170 e. The van der Waals surface area contributed by atoms with E-state index in [0.29, 0.717) is 22.1 Å². The van der Waals surface area contributed by atoms with Crippen molar-refractivity contribution in [3.63, 3.8) is 0 Å². The first-order valence-electron chi connectivity index (χ1n) is 10.2. The van der Waals surface area contributed by atoms with Crippen LogP contribution in [0.3, 0.4) is 0 Å². The van der Waals surface area contributed by atoms with Crippen LogP contribution in [-0.2, 0) is 10.3 Å². The van der Waals surface area contributed by atoms with Crippen LogP contribution in [-0.4, -0.2) is 33.3 Å². The number of halogens is 2. The van der Waals surface area contributed by atoms with Gasteiger partial charge in [-0.15, -0.1) is 0 Å². The van der Waals surface area contributed by atoms with Crippen LogP contribution in [0.5, 0.6) is 0 Å². The molecular weight excluding hydrogens is 431 g/mol. The zero-order valence-electron chi connectivity index (χ0n) is 17.2. The zero-order valence-corrected chi connectivity index (χ0v) is 18.0. The Morgan fingerprint density at radius 2 is 1.81 bits per heavy atom. The molecule has 3 heterocycles. The van der Waals surface area contributed by atoms with Crippen molar-refractivity contribution >= 4 is 28.2 Å². The Kier molecular flexibility index (Phi) is 5.25. The molecule has 0 bridgehead atoms. The Balaban J connectivity index is 1.51. The van der Waals surface area contributed by atoms with E-state index in [1.807, 2.05) is 25.1 Å². The molecule has 0 aliphatic carbocycles. The van der Waals surface area contributed by atoms with Crippen LogP contribution in [0.25, 0.3) is 22.0 Å². The molecule has 1 saturated heterocycles. The Bertz CT molecular complexity index is 1300. The summed E-state index contributed by atoms with van der Waals surface area (Å²) >= 11 is 6.48. The summed E-state index contributed by atoms with van der Waals surface area (Å²) in [5.74, 6) is 0.0671. The summed E-state index contributed by atoms with van der Waals surface area (Å²) < 4.78 is 19.3. The molecule has 8 heteroatoms. The van der Waals surface area contributed by atoms with Gasteiger partial charge in [0.2, 0.25) is 0 Å². The fraction of sp³-hybridized carbons (Fsp3) is 0.208. The van der Waals surface area contributed by atoms with Crippen LogP contribution in [0.15, 0.2) is 61.1 Å². The van der Waals surface area contributed by atoms with Crippen molar-refractivity contribution in [2.75, 3.05) is 18.5 Å². The molecule has 0 saturated carbocycles. The summed E-state index contributed by atoms with van der Waals surface area (Å²) in [6.45, 7) is 2.27. The van der Waals surface area contributed by atoms with Gasteiger partial charge in [-0.1, -0.05) is 35.9 Å². The molecule has 162 valence electrons. The normalized spacial score (nSPS) is 15.9. The molecule has 0 radical (unpaired) electrons. The number of fused-ring (bicyclic) bond motifs is 1. The van der Waals surface area contributed by atoms with Crippen molar-refractivity contribution in [3.8, 4) is 11.1 Å². The van der Waals surface area contributed by atoms with Crippen molar-refractivity contribution in [3.05, 3.63) is 83.3 Å². The second-order valence-electron chi connectivity index (χ2n) is 7.92. The highest BCUT2D eigenvalue weighted by atomic mass is 35.5. The minimum absolute atomic E-state index is 0.196. The van der Waals surface area contributed by atoms with Gasteiger partial charge in [-0.2, -0.15) is 0 Å². The summed E-state index contributed by atoms with van der Waals surface area (Å²) in [4.78, 5) is 13.1. The summed E-state index contributed by atoms with van der Waals surface area (Å²) in [7, 11) is 0. The van der Waals surface area contributed by atoms with Crippen LogP contribution in [0.4, 0.5) is 10.1 Å². The van der Waals surface area contributed by atoms with E-state index >= 15 is 0 Å². The van der Waals surface area contributed by atoms with Gasteiger partial charge in [-0.25, -0.2) is 14.4 Å². The van der Waals surface area contributed by atoms with Crippen molar-refractivity contribution in [1.29, 1.82) is 0 Å². The van der Waals surface area contributed by atoms with Crippen molar-refractivity contribution in [1.82, 2.24) is 15.0 Å². The SMILES string of the molecule is CC(Nc1c(Cl)cnc2ccc(-c3cnc(C4(O)COC4)nc3)cc12)c1ccccc1F. The first kappa shape index (κ1) is 20.8. The molecule has 2 N–H and O–H groups in total. The maximum atomic E-state index is 14.3. The number of nitrogens with one attached hydrogen (secondary N) is 1. The largest absolute Gasteiger partial charge is 0.377 e. The van der Waals surface area contributed by atoms with Gasteiger partial charge < -0.3 is 15.2 Å². The Labute approximate surface area is 189 Å². The second kappa shape index (κ2) is 8.09. The third kappa shape index (κ3) is 3.68. The van der Waals surface area contributed by atoms with E-state index in [9.17, 15) is 9.50 Å². The molecule has 1 fully saturated rings. The molecule has 6 nitrogen and oxygen atoms in total. The third-order valence-electron chi connectivity index (χ3n) is 5.64. The number of pyridine rings is 1. The molecule has 0 spiro atoms. The first-order valence-corrected chi connectivity index (χ1v) is 10.5. The lowest BCUT2D eigenvalue weighted by Crippen LogP contribution is -2.47. The fourth-order valence-electron chi connectivity index (χ4n) is 3.76. The molecule has 1 aliphatic rings. The number of hydrogen-bond donors (Lipinski definition) is 2. The van der Waals surface area contributed by atoms with Crippen molar-refractivity contribution in [2.45, 2.75) is 18.6 Å². The number of hydrogen-bond acceptors (Lipinski definition) is 6. The van der Waals surface area contributed by atoms with Crippen LogP contribution < -0.4 is 5.32 Å². The molecular formula is C24H20ClFN4O2. The van der Waals surface area contributed by atoms with E-state index in [0.717, 1.165) is 22.0 Å². The number of aromatic nitrogens is 3. The molecule has 2 aromatic heterocycles. The third-order valence-corrected chi connectivity index (χ3v) is 5.92. The maximum absolute atomic E-state index is 14.3. The molecule has 1 atom stereocenters. The average molecular weight is 451 g/mol. The highest BCUT2D eigenvalue weighted by molar-refractivity contribution is 6.34. The number of nitrogens with zero attached hydrogens (tertiary/aromatic N) is 3. The standard InChI is InChI=1S/C24H20ClFN4O2/c1-14(17-4-2-3-5-20(17)26)30-22-18-8-15(6-7-21(18)27-11-19(22)25)16-9-28-23(29-10-16)24(31)12-32-13-24/h2-11,14,31H,12-13H2,1H3,(H,27,30). The lowest BCUT2D eigenvalue weighted by atomic mass is 10.0. The van der Waals surface area contributed by atoms with Gasteiger partial charge in [0.15, 0.2) is 11.4 Å². The fourth-order valence-corrected chi connectivity index (χ4v) is 3.96. The van der Waals surface area contributed by atoms with Gasteiger partial charge in [0.05, 0.1) is 35.5 Å². The number of aliphatic hydroxyl groups is 1. The quantitative estimate of drug-likeness (QED) is 0.451. The Morgan fingerprint density at radius 3 is 2.50 bits per heavy atom. The van der Waals surface area contributed by atoms with E-state index in [2.05, 4.69) is 20.3 Å². The summed E-state index contributed by atoms with van der Waals surface area (Å²) in [6.07, 6.45) is 4.93. The van der Waals surface area contributed by atoms with E-state index in [4.69, 9.17) is 16.3 Å².